The summed E-state index contributed by atoms with van der Waals surface area (Å²) in [4.78, 5) is 0. The van der Waals surface area contributed by atoms with E-state index in [-0.39, 0.29) is 11.6 Å². The third kappa shape index (κ3) is 5.06. The topological polar surface area (TPSA) is 21.3 Å². The molecule has 0 spiro atoms. The molecule has 0 aromatic heterocycles. The summed E-state index contributed by atoms with van der Waals surface area (Å²) in [6.45, 7) is -2.11. The van der Waals surface area contributed by atoms with E-state index < -0.39 is 6.61 Å². The third-order valence-electron chi connectivity index (χ3n) is 2.77. The summed E-state index contributed by atoms with van der Waals surface area (Å²) in [6, 6.07) is 11.0. The van der Waals surface area contributed by atoms with Gasteiger partial charge in [0, 0.05) is 23.1 Å². The monoisotopic (exact) mass is 359 g/mol. The minimum absolute atomic E-state index is 0.125. The quantitative estimate of drug-likeness (QED) is 0.820. The molecular formula is C15H13BrF3NO. The third-order valence-corrected chi connectivity index (χ3v) is 3.27. The van der Waals surface area contributed by atoms with Gasteiger partial charge in [0.15, 0.2) is 0 Å². The van der Waals surface area contributed by atoms with E-state index in [1.165, 1.54) is 18.2 Å². The van der Waals surface area contributed by atoms with E-state index in [0.717, 1.165) is 10.0 Å². The summed E-state index contributed by atoms with van der Waals surface area (Å²) in [5, 5.41) is 3.07. The normalized spacial score (nSPS) is 10.9. The van der Waals surface area contributed by atoms with Crippen molar-refractivity contribution in [2.24, 2.45) is 0 Å². The van der Waals surface area contributed by atoms with E-state index in [9.17, 15) is 13.2 Å². The molecule has 0 fully saturated rings. The van der Waals surface area contributed by atoms with Crippen molar-refractivity contribution in [3.05, 3.63) is 63.9 Å². The maximum absolute atomic E-state index is 13.0. The van der Waals surface area contributed by atoms with Gasteiger partial charge in [0.25, 0.3) is 0 Å². The SMILES string of the molecule is Fc1cccc(CNCc2cc(Br)ccc2OC(F)F)c1. The lowest BCUT2D eigenvalue weighted by molar-refractivity contribution is -0.0505. The summed E-state index contributed by atoms with van der Waals surface area (Å²) in [5.41, 5.74) is 1.38. The van der Waals surface area contributed by atoms with Gasteiger partial charge >= 0.3 is 6.61 Å². The Morgan fingerprint density at radius 2 is 1.90 bits per heavy atom. The van der Waals surface area contributed by atoms with E-state index in [1.807, 2.05) is 0 Å². The largest absolute Gasteiger partial charge is 0.434 e. The molecule has 0 unspecified atom stereocenters. The number of benzene rings is 2. The highest BCUT2D eigenvalue weighted by atomic mass is 79.9. The molecule has 2 nitrogen and oxygen atoms in total. The van der Waals surface area contributed by atoms with E-state index in [2.05, 4.69) is 26.0 Å². The van der Waals surface area contributed by atoms with Gasteiger partial charge in [-0.25, -0.2) is 4.39 Å². The Kier molecular flexibility index (Phi) is 5.64. The molecule has 0 aliphatic heterocycles. The smallest absolute Gasteiger partial charge is 0.387 e. The molecule has 21 heavy (non-hydrogen) atoms. The van der Waals surface area contributed by atoms with Gasteiger partial charge in [0.2, 0.25) is 0 Å². The highest BCUT2D eigenvalue weighted by Gasteiger charge is 2.10. The number of halogens is 4. The standard InChI is InChI=1S/C15H13BrF3NO/c16-12-4-5-14(21-15(18)19)11(7-12)9-20-8-10-2-1-3-13(17)6-10/h1-7,15,20H,8-9H2. The predicted molar refractivity (Wildman–Crippen MR) is 77.7 cm³/mol. The van der Waals surface area contributed by atoms with Crippen LogP contribution in [0.1, 0.15) is 11.1 Å². The van der Waals surface area contributed by atoms with Crippen LogP contribution in [0.25, 0.3) is 0 Å². The van der Waals surface area contributed by atoms with Crippen LogP contribution in [0.5, 0.6) is 5.75 Å². The fourth-order valence-electron chi connectivity index (χ4n) is 1.89. The molecule has 0 radical (unpaired) electrons. The molecule has 0 heterocycles. The Balaban J connectivity index is 2.00. The average Bonchev–Trinajstić information content (AvgIpc) is 2.41. The van der Waals surface area contributed by atoms with Crippen LogP contribution in [-0.2, 0) is 13.1 Å². The molecule has 2 rings (SSSR count). The van der Waals surface area contributed by atoms with E-state index >= 15 is 0 Å². The van der Waals surface area contributed by atoms with Gasteiger partial charge in [0.05, 0.1) is 0 Å². The van der Waals surface area contributed by atoms with Crippen LogP contribution in [0, 0.1) is 5.82 Å². The van der Waals surface area contributed by atoms with Crippen LogP contribution >= 0.6 is 15.9 Å². The molecule has 0 amide bonds. The molecule has 0 saturated heterocycles. The molecule has 0 aliphatic rings. The summed E-state index contributed by atoms with van der Waals surface area (Å²) in [6.07, 6.45) is 0. The maximum atomic E-state index is 13.0. The minimum atomic E-state index is -2.87. The molecule has 112 valence electrons. The lowest BCUT2D eigenvalue weighted by Gasteiger charge is -2.12. The summed E-state index contributed by atoms with van der Waals surface area (Å²) >= 11 is 3.29. The highest BCUT2D eigenvalue weighted by molar-refractivity contribution is 9.10. The highest BCUT2D eigenvalue weighted by Crippen LogP contribution is 2.24. The molecule has 2 aromatic carbocycles. The number of nitrogens with one attached hydrogen (secondary N) is 1. The molecule has 0 bridgehead atoms. The van der Waals surface area contributed by atoms with E-state index in [4.69, 9.17) is 0 Å². The van der Waals surface area contributed by atoms with Crippen LogP contribution in [0.4, 0.5) is 13.2 Å². The fraction of sp³-hybridized carbons (Fsp3) is 0.200. The molecule has 0 atom stereocenters. The molecule has 2 aromatic rings. The van der Waals surface area contributed by atoms with Gasteiger partial charge in [-0.2, -0.15) is 8.78 Å². The van der Waals surface area contributed by atoms with Crippen molar-refractivity contribution in [3.63, 3.8) is 0 Å². The number of hydrogen-bond donors (Lipinski definition) is 1. The van der Waals surface area contributed by atoms with Crippen molar-refractivity contribution >= 4 is 15.9 Å². The van der Waals surface area contributed by atoms with Gasteiger partial charge in [-0.1, -0.05) is 28.1 Å². The van der Waals surface area contributed by atoms with E-state index in [0.29, 0.717) is 18.7 Å². The van der Waals surface area contributed by atoms with Gasteiger partial charge < -0.3 is 10.1 Å². The van der Waals surface area contributed by atoms with Crippen LogP contribution in [0.2, 0.25) is 0 Å². The van der Waals surface area contributed by atoms with Gasteiger partial charge in [0.1, 0.15) is 11.6 Å². The molecule has 1 N–H and O–H groups in total. The first-order chi connectivity index (χ1) is 10.0. The van der Waals surface area contributed by atoms with Crippen LogP contribution in [-0.4, -0.2) is 6.61 Å². The second kappa shape index (κ2) is 7.47. The zero-order chi connectivity index (χ0) is 15.2. The molecule has 0 aliphatic carbocycles. The zero-order valence-corrected chi connectivity index (χ0v) is 12.5. The molecular weight excluding hydrogens is 347 g/mol. The van der Waals surface area contributed by atoms with Crippen molar-refractivity contribution in [3.8, 4) is 5.75 Å². The van der Waals surface area contributed by atoms with Crippen LogP contribution in [0.3, 0.4) is 0 Å². The number of ether oxygens (including phenoxy) is 1. The lowest BCUT2D eigenvalue weighted by atomic mass is 10.2. The fourth-order valence-corrected chi connectivity index (χ4v) is 2.29. The minimum Gasteiger partial charge on any atom is -0.434 e. The number of rotatable bonds is 6. The van der Waals surface area contributed by atoms with Crippen molar-refractivity contribution in [2.45, 2.75) is 19.7 Å². The Labute approximate surface area is 129 Å². The van der Waals surface area contributed by atoms with Crippen LogP contribution < -0.4 is 10.1 Å². The number of hydrogen-bond acceptors (Lipinski definition) is 2. The van der Waals surface area contributed by atoms with Gasteiger partial charge in [-0.3, -0.25) is 0 Å². The maximum Gasteiger partial charge on any atom is 0.387 e. The first-order valence-electron chi connectivity index (χ1n) is 6.23. The van der Waals surface area contributed by atoms with Crippen molar-refractivity contribution in [1.29, 1.82) is 0 Å². The molecule has 0 saturated carbocycles. The molecule has 6 heteroatoms. The average molecular weight is 360 g/mol. The Morgan fingerprint density at radius 1 is 1.10 bits per heavy atom. The second-order valence-corrected chi connectivity index (χ2v) is 5.28. The van der Waals surface area contributed by atoms with E-state index in [1.54, 1.807) is 24.3 Å². The van der Waals surface area contributed by atoms with Gasteiger partial charge in [-0.15, -0.1) is 0 Å². The zero-order valence-electron chi connectivity index (χ0n) is 11.0. The summed E-state index contributed by atoms with van der Waals surface area (Å²) in [5.74, 6) is -0.182. The summed E-state index contributed by atoms with van der Waals surface area (Å²) in [7, 11) is 0. The van der Waals surface area contributed by atoms with Crippen LogP contribution in [0.15, 0.2) is 46.9 Å². The lowest BCUT2D eigenvalue weighted by Crippen LogP contribution is -2.14. The van der Waals surface area contributed by atoms with Crippen molar-refractivity contribution in [1.82, 2.24) is 5.32 Å². The number of alkyl halides is 2. The Bertz CT molecular complexity index is 607. The Hall–Kier alpha value is -1.53. The summed E-state index contributed by atoms with van der Waals surface area (Å²) < 4.78 is 43.0. The van der Waals surface area contributed by atoms with Crippen molar-refractivity contribution < 1.29 is 17.9 Å². The Morgan fingerprint density at radius 3 is 2.62 bits per heavy atom. The second-order valence-electron chi connectivity index (χ2n) is 4.36. The van der Waals surface area contributed by atoms with Gasteiger partial charge in [-0.05, 0) is 35.9 Å². The predicted octanol–water partition coefficient (Wildman–Crippen LogP) is 4.48. The first kappa shape index (κ1) is 15.9. The first-order valence-corrected chi connectivity index (χ1v) is 7.02. The van der Waals surface area contributed by atoms with Crippen molar-refractivity contribution in [2.75, 3.05) is 0 Å².